The summed E-state index contributed by atoms with van der Waals surface area (Å²) >= 11 is 0. The van der Waals surface area contributed by atoms with E-state index in [9.17, 15) is 14.9 Å². The maximum Gasteiger partial charge on any atom is 0.293 e. The van der Waals surface area contributed by atoms with Gasteiger partial charge >= 0.3 is 0 Å². The molecule has 2 aromatic carbocycles. The van der Waals surface area contributed by atoms with Crippen molar-refractivity contribution >= 4 is 17.3 Å². The third kappa shape index (κ3) is 3.87. The van der Waals surface area contributed by atoms with Crippen LogP contribution in [0.5, 0.6) is 0 Å². The van der Waals surface area contributed by atoms with E-state index in [0.717, 1.165) is 5.56 Å². The molecule has 0 fully saturated rings. The van der Waals surface area contributed by atoms with E-state index in [1.807, 2.05) is 6.07 Å². The Labute approximate surface area is 139 Å². The van der Waals surface area contributed by atoms with E-state index in [-0.39, 0.29) is 17.2 Å². The Morgan fingerprint density at radius 1 is 1.25 bits per heavy atom. The maximum atomic E-state index is 11.8. The van der Waals surface area contributed by atoms with Gasteiger partial charge in [-0.2, -0.15) is 5.26 Å². The monoisotopic (exact) mass is 324 g/mol. The summed E-state index contributed by atoms with van der Waals surface area (Å²) in [6.07, 6.45) is 0. The van der Waals surface area contributed by atoms with E-state index < -0.39 is 4.92 Å². The molecule has 0 heterocycles. The van der Waals surface area contributed by atoms with Gasteiger partial charge in [0, 0.05) is 32.3 Å². The number of nitrogens with zero attached hydrogens (tertiary/aromatic N) is 3. The second-order valence-corrected chi connectivity index (χ2v) is 5.35. The lowest BCUT2D eigenvalue weighted by Crippen LogP contribution is -2.21. The van der Waals surface area contributed by atoms with Gasteiger partial charge in [-0.1, -0.05) is 12.1 Å². The van der Waals surface area contributed by atoms with Crippen LogP contribution >= 0.6 is 0 Å². The molecule has 0 saturated carbocycles. The zero-order chi connectivity index (χ0) is 17.7. The molecule has 0 aliphatic rings. The fraction of sp³-hybridized carbons (Fsp3) is 0.176. The topological polar surface area (TPSA) is 99.3 Å². The van der Waals surface area contributed by atoms with Crippen molar-refractivity contribution in [2.75, 3.05) is 19.4 Å². The Kier molecular flexibility index (Phi) is 5.12. The molecule has 0 aliphatic heterocycles. The molecule has 0 saturated heterocycles. The normalized spacial score (nSPS) is 9.88. The van der Waals surface area contributed by atoms with Crippen LogP contribution in [0.25, 0.3) is 0 Å². The summed E-state index contributed by atoms with van der Waals surface area (Å²) in [5.74, 6) is -0.0859. The van der Waals surface area contributed by atoms with E-state index in [2.05, 4.69) is 5.32 Å². The molecule has 0 spiro atoms. The molecule has 0 unspecified atom stereocenters. The Morgan fingerprint density at radius 3 is 2.46 bits per heavy atom. The highest BCUT2D eigenvalue weighted by molar-refractivity contribution is 5.93. The summed E-state index contributed by atoms with van der Waals surface area (Å²) in [6.45, 7) is 0.364. The molecule has 0 bridgehead atoms. The molecule has 1 amide bonds. The van der Waals surface area contributed by atoms with Crippen molar-refractivity contribution in [3.63, 3.8) is 0 Å². The molecule has 7 heteroatoms. The van der Waals surface area contributed by atoms with Crippen LogP contribution in [0.1, 0.15) is 21.5 Å². The van der Waals surface area contributed by atoms with Gasteiger partial charge in [0.15, 0.2) is 0 Å². The van der Waals surface area contributed by atoms with Crippen molar-refractivity contribution in [2.45, 2.75) is 6.54 Å². The van der Waals surface area contributed by atoms with E-state index >= 15 is 0 Å². The zero-order valence-electron chi connectivity index (χ0n) is 13.3. The number of carbonyl (C=O) groups is 1. The van der Waals surface area contributed by atoms with Gasteiger partial charge in [-0.15, -0.1) is 0 Å². The summed E-state index contributed by atoms with van der Waals surface area (Å²) in [5, 5.41) is 22.9. The number of benzene rings is 2. The SMILES string of the molecule is CN(C)C(=O)c1ccc(CNc2ccc(C#N)cc2[N+](=O)[O-])cc1. The highest BCUT2D eigenvalue weighted by Crippen LogP contribution is 2.25. The first-order valence-electron chi connectivity index (χ1n) is 7.15. The van der Waals surface area contributed by atoms with Gasteiger partial charge < -0.3 is 10.2 Å². The highest BCUT2D eigenvalue weighted by atomic mass is 16.6. The number of hydrogen-bond acceptors (Lipinski definition) is 5. The number of rotatable bonds is 5. The Morgan fingerprint density at radius 2 is 1.92 bits per heavy atom. The van der Waals surface area contributed by atoms with Crippen LogP contribution in [-0.2, 0) is 6.54 Å². The Hall–Kier alpha value is -3.40. The number of nitro groups is 1. The minimum atomic E-state index is -0.526. The second kappa shape index (κ2) is 7.24. The maximum absolute atomic E-state index is 11.8. The third-order valence-corrected chi connectivity index (χ3v) is 3.41. The average Bonchev–Trinajstić information content (AvgIpc) is 2.59. The van der Waals surface area contributed by atoms with Crippen LogP contribution in [0, 0.1) is 21.4 Å². The number of hydrogen-bond donors (Lipinski definition) is 1. The van der Waals surface area contributed by atoms with Crippen LogP contribution in [0.4, 0.5) is 11.4 Å². The van der Waals surface area contributed by atoms with Gasteiger partial charge in [-0.3, -0.25) is 14.9 Å². The number of nitrogens with one attached hydrogen (secondary N) is 1. The van der Waals surface area contributed by atoms with E-state index in [1.165, 1.54) is 23.1 Å². The van der Waals surface area contributed by atoms with Crippen molar-refractivity contribution in [3.05, 3.63) is 69.3 Å². The highest BCUT2D eigenvalue weighted by Gasteiger charge is 2.14. The third-order valence-electron chi connectivity index (χ3n) is 3.41. The van der Waals surface area contributed by atoms with Crippen molar-refractivity contribution in [3.8, 4) is 6.07 Å². The minimum absolute atomic E-state index is 0.0859. The Bertz CT molecular complexity index is 808. The molecular weight excluding hydrogens is 308 g/mol. The largest absolute Gasteiger partial charge is 0.375 e. The molecule has 0 atom stereocenters. The molecule has 7 nitrogen and oxygen atoms in total. The lowest BCUT2D eigenvalue weighted by molar-refractivity contribution is -0.384. The summed E-state index contributed by atoms with van der Waals surface area (Å²) in [4.78, 5) is 23.9. The van der Waals surface area contributed by atoms with Gasteiger partial charge in [-0.05, 0) is 29.8 Å². The summed E-state index contributed by atoms with van der Waals surface area (Å²) in [6, 6.07) is 13.2. The van der Waals surface area contributed by atoms with Crippen LogP contribution in [0.15, 0.2) is 42.5 Å². The first-order chi connectivity index (χ1) is 11.4. The predicted octanol–water partition coefficient (Wildman–Crippen LogP) is 2.78. The smallest absolute Gasteiger partial charge is 0.293 e. The summed E-state index contributed by atoms with van der Waals surface area (Å²) in [7, 11) is 3.36. The molecular formula is C17H16N4O3. The molecule has 2 rings (SSSR count). The van der Waals surface area contributed by atoms with E-state index in [4.69, 9.17) is 5.26 Å². The minimum Gasteiger partial charge on any atom is -0.375 e. The number of nitriles is 1. The quantitative estimate of drug-likeness (QED) is 0.673. The van der Waals surface area contributed by atoms with Crippen LogP contribution in [-0.4, -0.2) is 29.8 Å². The molecule has 0 radical (unpaired) electrons. The van der Waals surface area contributed by atoms with Gasteiger partial charge in [0.1, 0.15) is 5.69 Å². The molecule has 24 heavy (non-hydrogen) atoms. The number of anilines is 1. The number of nitro benzene ring substituents is 1. The summed E-state index contributed by atoms with van der Waals surface area (Å²) in [5.41, 5.74) is 1.89. The molecule has 122 valence electrons. The van der Waals surface area contributed by atoms with Crippen LogP contribution in [0.2, 0.25) is 0 Å². The first kappa shape index (κ1) is 17.0. The van der Waals surface area contributed by atoms with Crippen molar-refractivity contribution in [2.24, 2.45) is 0 Å². The van der Waals surface area contributed by atoms with Crippen LogP contribution in [0.3, 0.4) is 0 Å². The molecule has 0 aromatic heterocycles. The van der Waals surface area contributed by atoms with E-state index in [1.54, 1.807) is 38.4 Å². The van der Waals surface area contributed by atoms with Crippen LogP contribution < -0.4 is 5.32 Å². The lowest BCUT2D eigenvalue weighted by Gasteiger charge is -2.11. The van der Waals surface area contributed by atoms with Gasteiger partial charge in [0.2, 0.25) is 0 Å². The predicted molar refractivity (Wildman–Crippen MR) is 89.6 cm³/mol. The van der Waals surface area contributed by atoms with Crippen molar-refractivity contribution in [1.29, 1.82) is 5.26 Å². The van der Waals surface area contributed by atoms with Gasteiger partial charge in [-0.25, -0.2) is 0 Å². The average molecular weight is 324 g/mol. The number of amides is 1. The standard InChI is InChI=1S/C17H16N4O3/c1-20(2)17(22)14-6-3-12(4-7-14)11-19-15-8-5-13(10-18)9-16(15)21(23)24/h3-9,19H,11H2,1-2H3. The molecule has 2 aromatic rings. The fourth-order valence-corrected chi connectivity index (χ4v) is 2.12. The van der Waals surface area contributed by atoms with Gasteiger partial charge in [0.25, 0.3) is 11.6 Å². The number of carbonyl (C=O) groups excluding carboxylic acids is 1. The fourth-order valence-electron chi connectivity index (χ4n) is 2.12. The Balaban J connectivity index is 2.13. The van der Waals surface area contributed by atoms with Gasteiger partial charge in [0.05, 0.1) is 16.6 Å². The first-order valence-corrected chi connectivity index (χ1v) is 7.15. The molecule has 0 aliphatic carbocycles. The zero-order valence-corrected chi connectivity index (χ0v) is 13.3. The summed E-state index contributed by atoms with van der Waals surface area (Å²) < 4.78 is 0. The molecule has 1 N–H and O–H groups in total. The lowest BCUT2D eigenvalue weighted by atomic mass is 10.1. The second-order valence-electron chi connectivity index (χ2n) is 5.35. The van der Waals surface area contributed by atoms with Crippen molar-refractivity contribution in [1.82, 2.24) is 4.90 Å². The van der Waals surface area contributed by atoms with Crippen molar-refractivity contribution < 1.29 is 9.72 Å². The van der Waals surface area contributed by atoms with E-state index in [0.29, 0.717) is 17.8 Å².